The van der Waals surface area contributed by atoms with Gasteiger partial charge in [0.05, 0.1) is 0 Å². The summed E-state index contributed by atoms with van der Waals surface area (Å²) in [5, 5.41) is 10.9. The molecule has 1 saturated heterocycles. The second kappa shape index (κ2) is 9.72. The van der Waals surface area contributed by atoms with Crippen molar-refractivity contribution in [1.29, 1.82) is 0 Å². The van der Waals surface area contributed by atoms with Crippen LogP contribution in [0.15, 0.2) is 73.1 Å². The van der Waals surface area contributed by atoms with Gasteiger partial charge in [0.15, 0.2) is 0 Å². The van der Waals surface area contributed by atoms with Crippen LogP contribution in [0.5, 0.6) is 0 Å². The Labute approximate surface area is 177 Å². The minimum atomic E-state index is -0.583. The smallest absolute Gasteiger partial charge is 0.248 e. The molecule has 0 spiro atoms. The van der Waals surface area contributed by atoms with E-state index in [0.717, 1.165) is 32.4 Å². The predicted molar refractivity (Wildman–Crippen MR) is 118 cm³/mol. The molecule has 6 heteroatoms. The Bertz CT molecular complexity index is 906. The van der Waals surface area contributed by atoms with Crippen LogP contribution in [-0.2, 0) is 16.8 Å². The summed E-state index contributed by atoms with van der Waals surface area (Å²) in [6.07, 6.45) is 5.95. The van der Waals surface area contributed by atoms with Crippen LogP contribution >= 0.6 is 12.4 Å². The van der Waals surface area contributed by atoms with E-state index in [-0.39, 0.29) is 18.3 Å². The van der Waals surface area contributed by atoms with Gasteiger partial charge in [0, 0.05) is 18.9 Å². The van der Waals surface area contributed by atoms with Gasteiger partial charge in [0.1, 0.15) is 5.54 Å². The SMILES string of the molecule is Cl.O=C(NCCc1cccc(-c2ccccc2)c1)C1(n2cccn2)CCNCC1. The minimum Gasteiger partial charge on any atom is -0.354 e. The van der Waals surface area contributed by atoms with E-state index in [2.05, 4.69) is 64.3 Å². The maximum absolute atomic E-state index is 13.1. The summed E-state index contributed by atoms with van der Waals surface area (Å²) in [5.74, 6) is 0.0666. The highest BCUT2D eigenvalue weighted by atomic mass is 35.5. The van der Waals surface area contributed by atoms with Crippen molar-refractivity contribution in [3.63, 3.8) is 0 Å². The number of rotatable bonds is 6. The van der Waals surface area contributed by atoms with Gasteiger partial charge in [-0.15, -0.1) is 12.4 Å². The molecule has 5 nitrogen and oxygen atoms in total. The molecule has 1 aliphatic rings. The molecule has 2 N–H and O–H groups in total. The third kappa shape index (κ3) is 4.69. The Balaban J connectivity index is 0.00000240. The lowest BCUT2D eigenvalue weighted by atomic mass is 9.87. The van der Waals surface area contributed by atoms with Crippen molar-refractivity contribution in [3.8, 4) is 11.1 Å². The van der Waals surface area contributed by atoms with E-state index in [9.17, 15) is 4.79 Å². The fourth-order valence-electron chi connectivity index (χ4n) is 3.94. The van der Waals surface area contributed by atoms with E-state index < -0.39 is 5.54 Å². The van der Waals surface area contributed by atoms with Crippen LogP contribution in [0.3, 0.4) is 0 Å². The highest BCUT2D eigenvalue weighted by Gasteiger charge is 2.41. The third-order valence-electron chi connectivity index (χ3n) is 5.53. The van der Waals surface area contributed by atoms with E-state index in [1.54, 1.807) is 6.20 Å². The molecule has 1 aromatic heterocycles. The number of piperidine rings is 1. The molecule has 1 amide bonds. The van der Waals surface area contributed by atoms with E-state index >= 15 is 0 Å². The van der Waals surface area contributed by atoms with Crippen LogP contribution < -0.4 is 10.6 Å². The van der Waals surface area contributed by atoms with Crippen LogP contribution in [0.1, 0.15) is 18.4 Å². The van der Waals surface area contributed by atoms with Crippen molar-refractivity contribution in [3.05, 3.63) is 78.6 Å². The minimum absolute atomic E-state index is 0. The van der Waals surface area contributed by atoms with Gasteiger partial charge in [-0.25, -0.2) is 0 Å². The zero-order valence-electron chi connectivity index (χ0n) is 16.4. The summed E-state index contributed by atoms with van der Waals surface area (Å²) < 4.78 is 1.83. The zero-order valence-corrected chi connectivity index (χ0v) is 17.2. The first kappa shape index (κ1) is 21.1. The summed E-state index contributed by atoms with van der Waals surface area (Å²) in [7, 11) is 0. The lowest BCUT2D eigenvalue weighted by molar-refractivity contribution is -0.131. The summed E-state index contributed by atoms with van der Waals surface area (Å²) in [6.45, 7) is 2.27. The predicted octanol–water partition coefficient (Wildman–Crippen LogP) is 3.41. The van der Waals surface area contributed by atoms with Crippen molar-refractivity contribution < 1.29 is 4.79 Å². The number of hydrogen-bond donors (Lipinski definition) is 2. The molecule has 1 fully saturated rings. The largest absolute Gasteiger partial charge is 0.354 e. The highest BCUT2D eigenvalue weighted by molar-refractivity contribution is 5.85. The van der Waals surface area contributed by atoms with Crippen molar-refractivity contribution in [2.24, 2.45) is 0 Å². The number of halogens is 1. The van der Waals surface area contributed by atoms with Crippen LogP contribution in [0.2, 0.25) is 0 Å². The van der Waals surface area contributed by atoms with Crippen molar-refractivity contribution in [1.82, 2.24) is 20.4 Å². The molecule has 0 unspecified atom stereocenters. The number of amides is 1. The first-order valence-corrected chi connectivity index (χ1v) is 9.91. The molecule has 2 heterocycles. The zero-order chi connectivity index (χ0) is 19.2. The Morgan fingerprint density at radius 1 is 1.03 bits per heavy atom. The topological polar surface area (TPSA) is 59.0 Å². The average Bonchev–Trinajstić information content (AvgIpc) is 3.30. The fraction of sp³-hybridized carbons (Fsp3) is 0.304. The van der Waals surface area contributed by atoms with Crippen LogP contribution in [-0.4, -0.2) is 35.3 Å². The highest BCUT2D eigenvalue weighted by Crippen LogP contribution is 2.27. The number of carbonyl (C=O) groups is 1. The van der Waals surface area contributed by atoms with E-state index in [1.807, 2.05) is 23.0 Å². The summed E-state index contributed by atoms with van der Waals surface area (Å²) >= 11 is 0. The van der Waals surface area contributed by atoms with Gasteiger partial charge >= 0.3 is 0 Å². The van der Waals surface area contributed by atoms with E-state index in [0.29, 0.717) is 6.54 Å². The lowest BCUT2D eigenvalue weighted by Crippen LogP contribution is -2.54. The first-order chi connectivity index (χ1) is 13.8. The van der Waals surface area contributed by atoms with Gasteiger partial charge < -0.3 is 10.6 Å². The van der Waals surface area contributed by atoms with Crippen molar-refractivity contribution >= 4 is 18.3 Å². The number of nitrogens with zero attached hydrogens (tertiary/aromatic N) is 2. The molecule has 1 aliphatic heterocycles. The molecule has 152 valence electrons. The van der Waals surface area contributed by atoms with E-state index in [4.69, 9.17) is 0 Å². The molecule has 0 aliphatic carbocycles. The molecule has 0 saturated carbocycles. The van der Waals surface area contributed by atoms with Gasteiger partial charge in [0.2, 0.25) is 5.91 Å². The number of hydrogen-bond acceptors (Lipinski definition) is 3. The maximum Gasteiger partial charge on any atom is 0.248 e. The molecule has 4 rings (SSSR count). The lowest BCUT2D eigenvalue weighted by Gasteiger charge is -2.36. The molecular formula is C23H27ClN4O. The van der Waals surface area contributed by atoms with Gasteiger partial charge in [-0.1, -0.05) is 54.6 Å². The fourth-order valence-corrected chi connectivity index (χ4v) is 3.94. The first-order valence-electron chi connectivity index (χ1n) is 9.91. The number of benzene rings is 2. The monoisotopic (exact) mass is 410 g/mol. The Morgan fingerprint density at radius 2 is 1.79 bits per heavy atom. The quantitative estimate of drug-likeness (QED) is 0.654. The normalized spacial score (nSPS) is 15.3. The number of carbonyl (C=O) groups excluding carboxylic acids is 1. The Kier molecular flexibility index (Phi) is 7.07. The van der Waals surface area contributed by atoms with Crippen molar-refractivity contribution in [2.45, 2.75) is 24.8 Å². The van der Waals surface area contributed by atoms with Crippen LogP contribution in [0.4, 0.5) is 0 Å². The summed E-state index contributed by atoms with van der Waals surface area (Å²) in [6, 6.07) is 20.8. The van der Waals surface area contributed by atoms with Gasteiger partial charge in [0.25, 0.3) is 0 Å². The Hall–Kier alpha value is -2.63. The second-order valence-electron chi connectivity index (χ2n) is 7.30. The molecule has 3 aromatic rings. The molecule has 29 heavy (non-hydrogen) atoms. The summed E-state index contributed by atoms with van der Waals surface area (Å²) in [5.41, 5.74) is 3.05. The second-order valence-corrected chi connectivity index (χ2v) is 7.30. The van der Waals surface area contributed by atoms with E-state index in [1.165, 1.54) is 16.7 Å². The Morgan fingerprint density at radius 3 is 2.52 bits per heavy atom. The molecule has 0 atom stereocenters. The van der Waals surface area contributed by atoms with Crippen molar-refractivity contribution in [2.75, 3.05) is 19.6 Å². The number of nitrogens with one attached hydrogen (secondary N) is 2. The molecule has 0 bridgehead atoms. The van der Waals surface area contributed by atoms with Gasteiger partial charge in [-0.05, 0) is 55.1 Å². The van der Waals surface area contributed by atoms with Gasteiger partial charge in [-0.3, -0.25) is 9.48 Å². The molecule has 2 aromatic carbocycles. The standard InChI is InChI=1S/C23H26N4O.ClH/c28-22(23(11-15-24-16-12-23)27-17-5-13-26-27)25-14-10-19-6-4-9-21(18-19)20-7-2-1-3-8-20;/h1-9,13,17-18,24H,10-12,14-16H2,(H,25,28);1H. The maximum atomic E-state index is 13.1. The van der Waals surface area contributed by atoms with Crippen LogP contribution in [0.25, 0.3) is 11.1 Å². The van der Waals surface area contributed by atoms with Gasteiger partial charge in [-0.2, -0.15) is 5.10 Å². The molecular weight excluding hydrogens is 384 g/mol. The van der Waals surface area contributed by atoms with Crippen LogP contribution in [0, 0.1) is 0 Å². The summed E-state index contributed by atoms with van der Waals surface area (Å²) in [4.78, 5) is 13.1. The number of aromatic nitrogens is 2. The molecule has 0 radical (unpaired) electrons. The third-order valence-corrected chi connectivity index (χ3v) is 5.53. The average molecular weight is 411 g/mol.